The van der Waals surface area contributed by atoms with Gasteiger partial charge in [0.2, 0.25) is 11.7 Å². The highest BCUT2D eigenvalue weighted by Crippen LogP contribution is 2.35. The smallest absolute Gasteiger partial charge is 0.287 e. The monoisotopic (exact) mass is 369 g/mol. The van der Waals surface area contributed by atoms with Crippen molar-refractivity contribution in [2.24, 2.45) is 5.92 Å². The van der Waals surface area contributed by atoms with Crippen LogP contribution >= 0.6 is 0 Å². The van der Waals surface area contributed by atoms with Crippen LogP contribution in [-0.4, -0.2) is 40.2 Å². The van der Waals surface area contributed by atoms with E-state index in [-0.39, 0.29) is 25.0 Å². The van der Waals surface area contributed by atoms with Gasteiger partial charge in [0.1, 0.15) is 11.5 Å². The first-order valence-electron chi connectivity index (χ1n) is 8.97. The predicted octanol–water partition coefficient (Wildman–Crippen LogP) is 1.82. The first-order valence-corrected chi connectivity index (χ1v) is 8.97. The first kappa shape index (κ1) is 18.8. The second-order valence-corrected chi connectivity index (χ2v) is 7.13. The summed E-state index contributed by atoms with van der Waals surface area (Å²) in [5, 5.41) is 6.55. The van der Waals surface area contributed by atoms with E-state index in [9.17, 15) is 14.4 Å². The van der Waals surface area contributed by atoms with Crippen LogP contribution in [-0.2, 0) is 20.9 Å². The quantitative estimate of drug-likeness (QED) is 0.784. The van der Waals surface area contributed by atoms with Gasteiger partial charge in [-0.2, -0.15) is 0 Å². The lowest BCUT2D eigenvalue weighted by molar-refractivity contribution is -0.140. The van der Waals surface area contributed by atoms with Crippen LogP contribution in [0.1, 0.15) is 36.8 Å². The number of carbonyl (C=O) groups excluding carboxylic acids is 3. The molecule has 1 aliphatic heterocycles. The first-order chi connectivity index (χ1) is 12.9. The maximum atomic E-state index is 13.1. The molecule has 1 aliphatic rings. The minimum atomic E-state index is -0.730. The Kier molecular flexibility index (Phi) is 5.39. The van der Waals surface area contributed by atoms with Crippen LogP contribution in [0.15, 0.2) is 40.9 Å². The van der Waals surface area contributed by atoms with Crippen LogP contribution in [0.3, 0.4) is 0 Å². The third-order valence-electron chi connectivity index (χ3n) is 4.57. The number of likely N-dealkylation sites (tertiary alicyclic amines) is 1. The Bertz CT molecular complexity index is 844. The number of ketones is 1. The van der Waals surface area contributed by atoms with E-state index in [4.69, 9.17) is 4.52 Å². The number of nitrogens with zero attached hydrogens (tertiary/aromatic N) is 2. The van der Waals surface area contributed by atoms with Crippen LogP contribution in [0.2, 0.25) is 0 Å². The van der Waals surface area contributed by atoms with Gasteiger partial charge in [0.15, 0.2) is 0 Å². The van der Waals surface area contributed by atoms with Crippen molar-refractivity contribution in [2.75, 3.05) is 6.54 Å². The lowest BCUT2D eigenvalue weighted by Gasteiger charge is -2.16. The van der Waals surface area contributed by atoms with Crippen molar-refractivity contribution in [1.29, 1.82) is 0 Å². The maximum absolute atomic E-state index is 13.1. The lowest BCUT2D eigenvalue weighted by atomic mass is 9.85. The molecule has 0 aliphatic carbocycles. The largest absolute Gasteiger partial charge is 0.361 e. The zero-order chi connectivity index (χ0) is 19.6. The molecular weight excluding hydrogens is 346 g/mol. The summed E-state index contributed by atoms with van der Waals surface area (Å²) >= 11 is 0. The summed E-state index contributed by atoms with van der Waals surface area (Å²) in [5.74, 6) is -2.15. The van der Waals surface area contributed by atoms with Crippen molar-refractivity contribution in [3.63, 3.8) is 0 Å². The normalized spacial score (nSPS) is 19.6. The predicted molar refractivity (Wildman–Crippen MR) is 97.6 cm³/mol. The van der Waals surface area contributed by atoms with Gasteiger partial charge in [-0.15, -0.1) is 0 Å². The van der Waals surface area contributed by atoms with Crippen molar-refractivity contribution in [3.05, 3.63) is 53.4 Å². The number of aromatic nitrogens is 1. The fourth-order valence-electron chi connectivity index (χ4n) is 3.40. The summed E-state index contributed by atoms with van der Waals surface area (Å²) < 4.78 is 5.06. The lowest BCUT2D eigenvalue weighted by Crippen LogP contribution is -2.41. The molecule has 1 N–H and O–H groups in total. The van der Waals surface area contributed by atoms with Crippen LogP contribution in [0, 0.1) is 12.8 Å². The van der Waals surface area contributed by atoms with Gasteiger partial charge < -0.3 is 14.7 Å². The van der Waals surface area contributed by atoms with Crippen molar-refractivity contribution >= 4 is 17.6 Å². The molecule has 2 heterocycles. The Morgan fingerprint density at radius 3 is 2.59 bits per heavy atom. The highest BCUT2D eigenvalue weighted by molar-refractivity contribution is 6.38. The number of aryl methyl sites for hydroxylation is 1. The van der Waals surface area contributed by atoms with Gasteiger partial charge in [-0.1, -0.05) is 35.5 Å². The molecule has 27 heavy (non-hydrogen) atoms. The van der Waals surface area contributed by atoms with Gasteiger partial charge in [0.25, 0.3) is 5.91 Å². The van der Waals surface area contributed by atoms with Gasteiger partial charge in [-0.25, -0.2) is 0 Å². The molecule has 1 aromatic heterocycles. The van der Waals surface area contributed by atoms with Gasteiger partial charge in [-0.3, -0.25) is 14.4 Å². The van der Waals surface area contributed by atoms with Crippen molar-refractivity contribution in [2.45, 2.75) is 39.3 Å². The van der Waals surface area contributed by atoms with Gasteiger partial charge in [-0.05, 0) is 26.3 Å². The minimum absolute atomic E-state index is 0.150. The van der Waals surface area contributed by atoms with Gasteiger partial charge in [0, 0.05) is 18.7 Å². The third kappa shape index (κ3) is 4.07. The van der Waals surface area contributed by atoms with Crippen LogP contribution in [0.25, 0.3) is 0 Å². The molecule has 1 aromatic carbocycles. The molecule has 7 nitrogen and oxygen atoms in total. The van der Waals surface area contributed by atoms with Crippen LogP contribution < -0.4 is 5.32 Å². The topological polar surface area (TPSA) is 92.5 Å². The molecular formula is C20H23N3O4. The molecule has 2 aromatic rings. The number of hydrogen-bond acceptors (Lipinski definition) is 5. The molecule has 0 spiro atoms. The van der Waals surface area contributed by atoms with E-state index in [1.807, 2.05) is 30.3 Å². The molecule has 7 heteroatoms. The van der Waals surface area contributed by atoms with Crippen molar-refractivity contribution in [3.8, 4) is 0 Å². The number of carbonyl (C=O) groups is 3. The number of nitrogens with one attached hydrogen (secondary N) is 1. The molecule has 3 rings (SSSR count). The summed E-state index contributed by atoms with van der Waals surface area (Å²) in [6.07, 6.45) is 0. The summed E-state index contributed by atoms with van der Waals surface area (Å²) in [7, 11) is 0. The highest BCUT2D eigenvalue weighted by Gasteiger charge is 2.46. The standard InChI is InChI=1S/C20H23N3O4/c1-12(2)21-19(25)18(24)16-11-23(10-15-9-13(3)27-22-15)20(26)17(16)14-7-5-4-6-8-14/h4-9,12,16-17H,10-11H2,1-3H3,(H,21,25)/t16-,17+/m0/s1. The van der Waals surface area contributed by atoms with Gasteiger partial charge in [0.05, 0.1) is 18.4 Å². The Balaban J connectivity index is 1.87. The van der Waals surface area contributed by atoms with E-state index in [0.29, 0.717) is 11.5 Å². The van der Waals surface area contributed by atoms with E-state index in [2.05, 4.69) is 10.5 Å². The van der Waals surface area contributed by atoms with E-state index in [1.54, 1.807) is 31.7 Å². The van der Waals surface area contributed by atoms with E-state index in [0.717, 1.165) is 5.56 Å². The van der Waals surface area contributed by atoms with Gasteiger partial charge >= 0.3 is 0 Å². The Hall–Kier alpha value is -2.96. The maximum Gasteiger partial charge on any atom is 0.287 e. The zero-order valence-electron chi connectivity index (χ0n) is 15.6. The molecule has 0 bridgehead atoms. The molecule has 0 unspecified atom stereocenters. The average Bonchev–Trinajstić information content (AvgIpc) is 3.18. The Morgan fingerprint density at radius 2 is 2.00 bits per heavy atom. The number of Topliss-reactive ketones (excluding diaryl/α,β-unsaturated/α-hetero) is 1. The van der Waals surface area contributed by atoms with Crippen LogP contribution in [0.4, 0.5) is 0 Å². The van der Waals surface area contributed by atoms with E-state index < -0.39 is 23.5 Å². The second kappa shape index (κ2) is 7.73. The van der Waals surface area contributed by atoms with Crippen molar-refractivity contribution in [1.82, 2.24) is 15.4 Å². The molecule has 2 atom stereocenters. The SMILES string of the molecule is Cc1cc(CN2C[C@H](C(=O)C(=O)NC(C)C)[C@@H](c3ccccc3)C2=O)no1. The highest BCUT2D eigenvalue weighted by atomic mass is 16.5. The van der Waals surface area contributed by atoms with Crippen LogP contribution in [0.5, 0.6) is 0 Å². The summed E-state index contributed by atoms with van der Waals surface area (Å²) in [6.45, 7) is 5.78. The number of amides is 2. The Labute approximate surface area is 157 Å². The molecule has 1 saturated heterocycles. The number of benzene rings is 1. The third-order valence-corrected chi connectivity index (χ3v) is 4.57. The second-order valence-electron chi connectivity index (χ2n) is 7.13. The average molecular weight is 369 g/mol. The minimum Gasteiger partial charge on any atom is -0.361 e. The molecule has 142 valence electrons. The number of hydrogen-bond donors (Lipinski definition) is 1. The molecule has 0 radical (unpaired) electrons. The molecule has 2 amide bonds. The number of rotatable bonds is 6. The fraction of sp³-hybridized carbons (Fsp3) is 0.400. The van der Waals surface area contributed by atoms with Crippen molar-refractivity contribution < 1.29 is 18.9 Å². The fourth-order valence-corrected chi connectivity index (χ4v) is 3.40. The summed E-state index contributed by atoms with van der Waals surface area (Å²) in [4.78, 5) is 39.7. The molecule has 0 saturated carbocycles. The summed E-state index contributed by atoms with van der Waals surface area (Å²) in [6, 6.07) is 10.7. The Morgan fingerprint density at radius 1 is 1.30 bits per heavy atom. The summed E-state index contributed by atoms with van der Waals surface area (Å²) in [5.41, 5.74) is 1.35. The van der Waals surface area contributed by atoms with E-state index in [1.165, 1.54) is 0 Å². The zero-order valence-corrected chi connectivity index (χ0v) is 15.6. The molecule has 1 fully saturated rings. The van der Waals surface area contributed by atoms with E-state index >= 15 is 0 Å².